The Morgan fingerprint density at radius 2 is 2.28 bits per heavy atom. The molecule has 0 bridgehead atoms. The van der Waals surface area contributed by atoms with Gasteiger partial charge in [-0.1, -0.05) is 0 Å². The summed E-state index contributed by atoms with van der Waals surface area (Å²) in [4.78, 5) is 1.92. The molecule has 1 aliphatic heterocycles. The zero-order chi connectivity index (χ0) is 13.1. The molecule has 1 aromatic rings. The molecule has 0 amide bonds. The Kier molecular flexibility index (Phi) is 3.69. The van der Waals surface area contributed by atoms with Crippen molar-refractivity contribution in [1.29, 1.82) is 5.26 Å². The average Bonchev–Trinajstić information content (AvgIpc) is 2.95. The van der Waals surface area contributed by atoms with E-state index in [1.807, 2.05) is 4.90 Å². The summed E-state index contributed by atoms with van der Waals surface area (Å²) >= 11 is 0. The number of hydrogen-bond donors (Lipinski definition) is 3. The first-order chi connectivity index (χ1) is 8.72. The molecule has 1 saturated heterocycles. The first-order valence-corrected chi connectivity index (χ1v) is 5.97. The van der Waals surface area contributed by atoms with Crippen molar-refractivity contribution in [3.63, 3.8) is 0 Å². The number of aromatic nitrogens is 2. The quantitative estimate of drug-likeness (QED) is 0.652. The van der Waals surface area contributed by atoms with Crippen LogP contribution in [-0.4, -0.2) is 45.8 Å². The second-order valence-corrected chi connectivity index (χ2v) is 4.31. The Balaban J connectivity index is 2.38. The van der Waals surface area contributed by atoms with Crippen LogP contribution in [0.1, 0.15) is 18.4 Å². The number of nitriles is 1. The molecule has 7 heteroatoms. The number of anilines is 2. The second-order valence-electron chi connectivity index (χ2n) is 4.31. The highest BCUT2D eigenvalue weighted by atomic mass is 16.3. The molecular weight excluding hydrogens is 234 g/mol. The number of aliphatic hydroxyl groups is 2. The number of rotatable bonds is 4. The molecule has 1 atom stereocenters. The van der Waals surface area contributed by atoms with E-state index in [9.17, 15) is 5.11 Å². The van der Waals surface area contributed by atoms with E-state index in [0.29, 0.717) is 11.4 Å². The fourth-order valence-electron chi connectivity index (χ4n) is 2.34. The number of nitrogen functional groups attached to an aromatic ring is 1. The van der Waals surface area contributed by atoms with Crippen molar-refractivity contribution < 1.29 is 10.2 Å². The van der Waals surface area contributed by atoms with Gasteiger partial charge in [0, 0.05) is 6.54 Å². The highest BCUT2D eigenvalue weighted by Gasteiger charge is 2.29. The van der Waals surface area contributed by atoms with Crippen molar-refractivity contribution in [3.05, 3.63) is 5.56 Å². The predicted octanol–water partition coefficient (Wildman–Crippen LogP) is -0.710. The fourth-order valence-corrected chi connectivity index (χ4v) is 2.34. The zero-order valence-corrected chi connectivity index (χ0v) is 10.1. The van der Waals surface area contributed by atoms with Crippen molar-refractivity contribution in [3.8, 4) is 6.07 Å². The van der Waals surface area contributed by atoms with Crippen LogP contribution < -0.4 is 10.6 Å². The van der Waals surface area contributed by atoms with Gasteiger partial charge in [0.15, 0.2) is 5.82 Å². The molecule has 4 N–H and O–H groups in total. The standard InChI is InChI=1S/C11H17N5O2/c12-6-9-10(13)16(4-5-17)14-11(9)15-3-1-2-8(15)7-18/h8,17-18H,1-5,7,13H2. The summed E-state index contributed by atoms with van der Waals surface area (Å²) in [5.41, 5.74) is 6.16. The van der Waals surface area contributed by atoms with E-state index in [1.54, 1.807) is 0 Å². The third kappa shape index (κ3) is 2.00. The molecule has 7 nitrogen and oxygen atoms in total. The minimum atomic E-state index is -0.0837. The maximum absolute atomic E-state index is 9.31. The Labute approximate surface area is 105 Å². The van der Waals surface area contributed by atoms with Gasteiger partial charge >= 0.3 is 0 Å². The van der Waals surface area contributed by atoms with Crippen LogP contribution in [0, 0.1) is 11.3 Å². The predicted molar refractivity (Wildman–Crippen MR) is 65.9 cm³/mol. The van der Waals surface area contributed by atoms with E-state index in [0.717, 1.165) is 19.4 Å². The Morgan fingerprint density at radius 1 is 1.50 bits per heavy atom. The lowest BCUT2D eigenvalue weighted by atomic mass is 10.2. The molecule has 0 spiro atoms. The minimum Gasteiger partial charge on any atom is -0.394 e. The molecule has 1 aliphatic rings. The third-order valence-electron chi connectivity index (χ3n) is 3.26. The van der Waals surface area contributed by atoms with E-state index in [1.165, 1.54) is 4.68 Å². The van der Waals surface area contributed by atoms with E-state index in [-0.39, 0.29) is 31.6 Å². The lowest BCUT2D eigenvalue weighted by Gasteiger charge is -2.22. The van der Waals surface area contributed by atoms with Gasteiger partial charge < -0.3 is 20.8 Å². The van der Waals surface area contributed by atoms with Crippen molar-refractivity contribution in [2.75, 3.05) is 30.4 Å². The number of aliphatic hydroxyl groups excluding tert-OH is 2. The largest absolute Gasteiger partial charge is 0.394 e. The highest BCUT2D eigenvalue weighted by molar-refractivity contribution is 5.65. The molecular formula is C11H17N5O2. The van der Waals surface area contributed by atoms with Gasteiger partial charge in [-0.25, -0.2) is 4.68 Å². The van der Waals surface area contributed by atoms with Crippen molar-refractivity contribution in [2.45, 2.75) is 25.4 Å². The van der Waals surface area contributed by atoms with Crippen molar-refractivity contribution >= 4 is 11.6 Å². The molecule has 1 fully saturated rings. The van der Waals surface area contributed by atoms with E-state index < -0.39 is 0 Å². The second kappa shape index (κ2) is 5.25. The summed E-state index contributed by atoms with van der Waals surface area (Å²) < 4.78 is 1.43. The van der Waals surface area contributed by atoms with Gasteiger partial charge in [-0.2, -0.15) is 10.4 Å². The first-order valence-electron chi connectivity index (χ1n) is 5.97. The fraction of sp³-hybridized carbons (Fsp3) is 0.636. The average molecular weight is 251 g/mol. The van der Waals surface area contributed by atoms with Gasteiger partial charge in [-0.15, -0.1) is 0 Å². The van der Waals surface area contributed by atoms with E-state index >= 15 is 0 Å². The van der Waals surface area contributed by atoms with Crippen LogP contribution in [0.25, 0.3) is 0 Å². The topological polar surface area (TPSA) is 111 Å². The van der Waals surface area contributed by atoms with Gasteiger partial charge in [-0.3, -0.25) is 0 Å². The number of nitrogens with two attached hydrogens (primary N) is 1. The molecule has 0 aliphatic carbocycles. The summed E-state index contributed by atoms with van der Waals surface area (Å²) in [6, 6.07) is 2.05. The van der Waals surface area contributed by atoms with E-state index in [4.69, 9.17) is 16.1 Å². The van der Waals surface area contributed by atoms with Crippen LogP contribution in [0.4, 0.5) is 11.6 Å². The molecule has 0 saturated carbocycles. The van der Waals surface area contributed by atoms with Crippen LogP contribution in [0.2, 0.25) is 0 Å². The Hall–Kier alpha value is -1.78. The van der Waals surface area contributed by atoms with Crippen LogP contribution in [0.3, 0.4) is 0 Å². The van der Waals surface area contributed by atoms with Crippen molar-refractivity contribution in [1.82, 2.24) is 9.78 Å². The molecule has 1 unspecified atom stereocenters. The SMILES string of the molecule is N#Cc1c(N2CCCC2CO)nn(CCO)c1N. The lowest BCUT2D eigenvalue weighted by molar-refractivity contribution is 0.264. The monoisotopic (exact) mass is 251 g/mol. The van der Waals surface area contributed by atoms with Gasteiger partial charge in [0.2, 0.25) is 0 Å². The summed E-state index contributed by atoms with van der Waals surface area (Å²) in [5, 5.41) is 31.7. The van der Waals surface area contributed by atoms with Gasteiger partial charge in [-0.05, 0) is 12.8 Å². The highest BCUT2D eigenvalue weighted by Crippen LogP contribution is 2.30. The number of nitrogens with zero attached hydrogens (tertiary/aromatic N) is 4. The van der Waals surface area contributed by atoms with Crippen LogP contribution in [-0.2, 0) is 6.54 Å². The zero-order valence-electron chi connectivity index (χ0n) is 10.1. The van der Waals surface area contributed by atoms with Crippen molar-refractivity contribution in [2.24, 2.45) is 0 Å². The molecule has 18 heavy (non-hydrogen) atoms. The minimum absolute atomic E-state index is 0.00558. The van der Waals surface area contributed by atoms with Crippen LogP contribution >= 0.6 is 0 Å². The maximum atomic E-state index is 9.31. The normalized spacial score (nSPS) is 19.2. The first kappa shape index (κ1) is 12.7. The molecule has 0 aromatic carbocycles. The Bertz CT molecular complexity index is 465. The van der Waals surface area contributed by atoms with E-state index in [2.05, 4.69) is 11.2 Å². The van der Waals surface area contributed by atoms with Crippen LogP contribution in [0.15, 0.2) is 0 Å². The summed E-state index contributed by atoms with van der Waals surface area (Å²) in [7, 11) is 0. The molecule has 2 rings (SSSR count). The third-order valence-corrected chi connectivity index (χ3v) is 3.26. The lowest BCUT2D eigenvalue weighted by Crippen LogP contribution is -2.33. The van der Waals surface area contributed by atoms with Gasteiger partial charge in [0.05, 0.1) is 25.8 Å². The van der Waals surface area contributed by atoms with Crippen LogP contribution in [0.5, 0.6) is 0 Å². The summed E-state index contributed by atoms with van der Waals surface area (Å²) in [6.07, 6.45) is 1.84. The van der Waals surface area contributed by atoms with Gasteiger partial charge in [0.25, 0.3) is 0 Å². The molecule has 1 aromatic heterocycles. The summed E-state index contributed by atoms with van der Waals surface area (Å²) in [5.74, 6) is 0.783. The molecule has 98 valence electrons. The van der Waals surface area contributed by atoms with Gasteiger partial charge in [0.1, 0.15) is 17.5 Å². The maximum Gasteiger partial charge on any atom is 0.171 e. The molecule has 0 radical (unpaired) electrons. The summed E-state index contributed by atoms with van der Waals surface area (Å²) in [6.45, 7) is 0.977. The smallest absolute Gasteiger partial charge is 0.171 e. The molecule has 2 heterocycles. The number of hydrogen-bond acceptors (Lipinski definition) is 6. The Morgan fingerprint density at radius 3 is 2.89 bits per heavy atom.